The van der Waals surface area contributed by atoms with Gasteiger partial charge in [0, 0.05) is 13.0 Å². The summed E-state index contributed by atoms with van der Waals surface area (Å²) in [5.41, 5.74) is 2.66. The largest absolute Gasteiger partial charge is 0.463 e. The topological polar surface area (TPSA) is 55.6 Å². The first kappa shape index (κ1) is 15.6. The number of likely N-dealkylation sites (tertiary alicyclic amines) is 1. The lowest BCUT2D eigenvalue weighted by Gasteiger charge is -2.41. The molecule has 1 heterocycles. The van der Waals surface area contributed by atoms with Gasteiger partial charge in [-0.15, -0.1) is 0 Å². The lowest BCUT2D eigenvalue weighted by molar-refractivity contribution is -0.296. The Balaban J connectivity index is 2.40. The molecular formula is C14H17F3N2O2. The predicted octanol–water partition coefficient (Wildman–Crippen LogP) is 2.29. The number of nitrogens with two attached hydrogens (primary N) is 1. The maximum absolute atomic E-state index is 13.7. The van der Waals surface area contributed by atoms with Gasteiger partial charge in [0.15, 0.2) is 0 Å². The van der Waals surface area contributed by atoms with Crippen molar-refractivity contribution in [3.8, 4) is 5.75 Å². The molecule has 2 atom stereocenters. The number of ether oxygens (including phenoxy) is 1. The monoisotopic (exact) mass is 302 g/mol. The number of benzene rings is 1. The number of nitrogens with zero attached hydrogens (tertiary/aromatic N) is 1. The third-order valence-electron chi connectivity index (χ3n) is 3.73. The van der Waals surface area contributed by atoms with Gasteiger partial charge in [-0.3, -0.25) is 4.79 Å². The number of primary amides is 1. The van der Waals surface area contributed by atoms with Crippen molar-refractivity contribution < 1.29 is 22.7 Å². The van der Waals surface area contributed by atoms with E-state index in [1.165, 1.54) is 19.1 Å². The normalized spacial score (nSPS) is 24.8. The van der Waals surface area contributed by atoms with Crippen LogP contribution < -0.4 is 10.5 Å². The number of alkyl halides is 3. The molecule has 2 N–H and O–H groups in total. The maximum Gasteiger partial charge on any atom is 0.443 e. The SMILES string of the molecule is CC(C(N)=O)N1CCCC1(Oc1ccccc1)C(F)(F)F. The molecule has 21 heavy (non-hydrogen) atoms. The summed E-state index contributed by atoms with van der Waals surface area (Å²) in [6.45, 7) is 1.47. The Labute approximate surface area is 120 Å². The highest BCUT2D eigenvalue weighted by Gasteiger charge is 2.64. The Morgan fingerprint density at radius 3 is 2.52 bits per heavy atom. The van der Waals surface area contributed by atoms with E-state index < -0.39 is 23.9 Å². The summed E-state index contributed by atoms with van der Waals surface area (Å²) in [6, 6.07) is 6.73. The van der Waals surface area contributed by atoms with Gasteiger partial charge in [0.05, 0.1) is 6.04 Å². The summed E-state index contributed by atoms with van der Waals surface area (Å²) in [6.07, 6.45) is -4.59. The van der Waals surface area contributed by atoms with Gasteiger partial charge in [0.25, 0.3) is 5.72 Å². The van der Waals surface area contributed by atoms with Crippen molar-refractivity contribution in [2.75, 3.05) is 6.54 Å². The van der Waals surface area contributed by atoms with E-state index in [4.69, 9.17) is 10.5 Å². The molecule has 0 saturated carbocycles. The summed E-state index contributed by atoms with van der Waals surface area (Å²) >= 11 is 0. The summed E-state index contributed by atoms with van der Waals surface area (Å²) in [5, 5.41) is 0. The zero-order chi connectivity index (χ0) is 15.7. The smallest absolute Gasteiger partial charge is 0.443 e. The number of para-hydroxylation sites is 1. The van der Waals surface area contributed by atoms with E-state index in [0.29, 0.717) is 0 Å². The van der Waals surface area contributed by atoms with E-state index in [0.717, 1.165) is 4.90 Å². The van der Waals surface area contributed by atoms with E-state index in [2.05, 4.69) is 0 Å². The van der Waals surface area contributed by atoms with Crippen LogP contribution in [-0.2, 0) is 4.79 Å². The number of hydrogen-bond acceptors (Lipinski definition) is 3. The van der Waals surface area contributed by atoms with Crippen LogP contribution in [0.5, 0.6) is 5.75 Å². The van der Waals surface area contributed by atoms with Crippen molar-refractivity contribution >= 4 is 5.91 Å². The van der Waals surface area contributed by atoms with Gasteiger partial charge >= 0.3 is 6.18 Å². The Kier molecular flexibility index (Phi) is 4.13. The van der Waals surface area contributed by atoms with Crippen molar-refractivity contribution in [3.05, 3.63) is 30.3 Å². The number of carbonyl (C=O) groups excluding carboxylic acids is 1. The standard InChI is InChI=1S/C14H17F3N2O2/c1-10(12(18)20)19-9-5-8-13(19,14(15,16)17)21-11-6-3-2-4-7-11/h2-4,6-7,10H,5,8-9H2,1H3,(H2,18,20). The molecule has 0 radical (unpaired) electrons. The number of hydrogen-bond donors (Lipinski definition) is 1. The first-order valence-corrected chi connectivity index (χ1v) is 6.65. The number of amides is 1. The van der Waals surface area contributed by atoms with E-state index in [-0.39, 0.29) is 25.1 Å². The molecule has 1 aromatic rings. The van der Waals surface area contributed by atoms with Gasteiger partial charge in [0.2, 0.25) is 5.91 Å². The fourth-order valence-corrected chi connectivity index (χ4v) is 2.63. The highest BCUT2D eigenvalue weighted by molar-refractivity contribution is 5.79. The zero-order valence-electron chi connectivity index (χ0n) is 11.6. The van der Waals surface area contributed by atoms with Gasteiger partial charge in [-0.2, -0.15) is 13.2 Å². The van der Waals surface area contributed by atoms with Crippen LogP contribution >= 0.6 is 0 Å². The van der Waals surface area contributed by atoms with Crippen LogP contribution in [0.15, 0.2) is 30.3 Å². The second-order valence-electron chi connectivity index (χ2n) is 5.07. The molecule has 7 heteroatoms. The lowest BCUT2D eigenvalue weighted by atomic mass is 10.1. The number of halogens is 3. The molecule has 0 aromatic heterocycles. The van der Waals surface area contributed by atoms with E-state index >= 15 is 0 Å². The Morgan fingerprint density at radius 2 is 2.00 bits per heavy atom. The van der Waals surface area contributed by atoms with Crippen LogP contribution in [0.1, 0.15) is 19.8 Å². The van der Waals surface area contributed by atoms with E-state index in [1.807, 2.05) is 0 Å². The predicted molar refractivity (Wildman–Crippen MR) is 70.5 cm³/mol. The molecule has 1 aromatic carbocycles. The van der Waals surface area contributed by atoms with Crippen LogP contribution in [0.4, 0.5) is 13.2 Å². The minimum Gasteiger partial charge on any atom is -0.463 e. The molecule has 2 rings (SSSR count). The molecule has 1 amide bonds. The average Bonchev–Trinajstić information content (AvgIpc) is 2.83. The van der Waals surface area contributed by atoms with Crippen LogP contribution in [0, 0.1) is 0 Å². The zero-order valence-corrected chi connectivity index (χ0v) is 11.6. The minimum atomic E-state index is -4.64. The first-order valence-electron chi connectivity index (χ1n) is 6.65. The number of carbonyl (C=O) groups is 1. The van der Waals surface area contributed by atoms with Crippen LogP contribution in [0.25, 0.3) is 0 Å². The average molecular weight is 302 g/mol. The molecule has 0 spiro atoms. The quantitative estimate of drug-likeness (QED) is 0.928. The second-order valence-corrected chi connectivity index (χ2v) is 5.07. The fourth-order valence-electron chi connectivity index (χ4n) is 2.63. The van der Waals surface area contributed by atoms with E-state index in [9.17, 15) is 18.0 Å². The van der Waals surface area contributed by atoms with Gasteiger partial charge in [0.1, 0.15) is 5.75 Å². The van der Waals surface area contributed by atoms with Crippen molar-refractivity contribution in [1.29, 1.82) is 0 Å². The van der Waals surface area contributed by atoms with Gasteiger partial charge in [-0.25, -0.2) is 4.90 Å². The number of rotatable bonds is 4. The Hall–Kier alpha value is -1.76. The molecule has 0 aliphatic carbocycles. The highest BCUT2D eigenvalue weighted by atomic mass is 19.4. The van der Waals surface area contributed by atoms with Crippen LogP contribution in [0.2, 0.25) is 0 Å². The molecule has 4 nitrogen and oxygen atoms in total. The molecular weight excluding hydrogens is 285 g/mol. The highest BCUT2D eigenvalue weighted by Crippen LogP contribution is 2.45. The van der Waals surface area contributed by atoms with Gasteiger partial charge in [-0.05, 0) is 25.5 Å². The van der Waals surface area contributed by atoms with E-state index in [1.54, 1.807) is 18.2 Å². The third-order valence-corrected chi connectivity index (χ3v) is 3.73. The summed E-state index contributed by atoms with van der Waals surface area (Å²) in [4.78, 5) is 12.3. The van der Waals surface area contributed by atoms with Crippen LogP contribution in [0.3, 0.4) is 0 Å². The molecule has 0 bridgehead atoms. The van der Waals surface area contributed by atoms with Crippen molar-refractivity contribution in [1.82, 2.24) is 4.90 Å². The molecule has 1 aliphatic rings. The molecule has 116 valence electrons. The summed E-state index contributed by atoms with van der Waals surface area (Å²) in [7, 11) is 0. The second kappa shape index (κ2) is 5.55. The Morgan fingerprint density at radius 1 is 1.38 bits per heavy atom. The summed E-state index contributed by atoms with van der Waals surface area (Å²) in [5.74, 6) is -0.694. The molecule has 1 fully saturated rings. The molecule has 2 unspecified atom stereocenters. The van der Waals surface area contributed by atoms with Crippen molar-refractivity contribution in [3.63, 3.8) is 0 Å². The molecule has 1 saturated heterocycles. The van der Waals surface area contributed by atoms with Crippen molar-refractivity contribution in [2.24, 2.45) is 5.73 Å². The lowest BCUT2D eigenvalue weighted by Crippen LogP contribution is -2.63. The van der Waals surface area contributed by atoms with Gasteiger partial charge < -0.3 is 10.5 Å². The maximum atomic E-state index is 13.7. The Bertz CT molecular complexity index is 507. The first-order chi connectivity index (χ1) is 9.78. The fraction of sp³-hybridized carbons (Fsp3) is 0.500. The van der Waals surface area contributed by atoms with Crippen LogP contribution in [-0.4, -0.2) is 35.3 Å². The summed E-state index contributed by atoms with van der Waals surface area (Å²) < 4.78 is 46.3. The third kappa shape index (κ3) is 2.83. The minimum absolute atomic E-state index is 0.108. The van der Waals surface area contributed by atoms with Gasteiger partial charge in [-0.1, -0.05) is 18.2 Å². The van der Waals surface area contributed by atoms with Crippen molar-refractivity contribution in [2.45, 2.75) is 37.7 Å². The molecule has 1 aliphatic heterocycles.